The van der Waals surface area contributed by atoms with Gasteiger partial charge in [-0.15, -0.1) is 0 Å². The van der Waals surface area contributed by atoms with E-state index in [1.807, 2.05) is 31.2 Å². The number of carbonyl (C=O) groups is 1. The van der Waals surface area contributed by atoms with Crippen molar-refractivity contribution in [3.8, 4) is 0 Å². The average molecular weight is 401 g/mol. The molecule has 0 N–H and O–H groups in total. The number of halogens is 1. The number of amidine groups is 1. The van der Waals surface area contributed by atoms with E-state index in [4.69, 9.17) is 0 Å². The lowest BCUT2D eigenvalue weighted by atomic mass is 10.1. The van der Waals surface area contributed by atoms with Crippen molar-refractivity contribution in [2.75, 3.05) is 4.90 Å². The molecule has 0 saturated heterocycles. The normalized spacial score (nSPS) is 14.9. The topological polar surface area (TPSA) is 75.8 Å². The third-order valence-corrected chi connectivity index (χ3v) is 4.66. The van der Waals surface area contributed by atoms with Crippen LogP contribution in [0, 0.1) is 22.9 Å². The molecule has 1 aliphatic heterocycles. The lowest BCUT2D eigenvalue weighted by Gasteiger charge is -2.18. The zero-order chi connectivity index (χ0) is 21.3. The second-order valence-electron chi connectivity index (χ2n) is 6.80. The molecule has 0 bridgehead atoms. The van der Waals surface area contributed by atoms with Gasteiger partial charge in [-0.25, -0.2) is 9.38 Å². The summed E-state index contributed by atoms with van der Waals surface area (Å²) in [6.07, 6.45) is 1.57. The zero-order valence-corrected chi connectivity index (χ0v) is 15.9. The van der Waals surface area contributed by atoms with Gasteiger partial charge in [-0.05, 0) is 67.1 Å². The van der Waals surface area contributed by atoms with Gasteiger partial charge < -0.3 is 0 Å². The number of carbonyl (C=O) groups excluding carboxylic acids is 1. The van der Waals surface area contributed by atoms with Crippen molar-refractivity contribution >= 4 is 29.2 Å². The minimum Gasteiger partial charge on any atom is -0.266 e. The molecule has 0 radical (unpaired) electrons. The van der Waals surface area contributed by atoms with Gasteiger partial charge in [-0.3, -0.25) is 19.8 Å². The molecule has 0 atom stereocenters. The Kier molecular flexibility index (Phi) is 4.93. The number of nitrogens with zero attached hydrogens (tertiary/aromatic N) is 3. The van der Waals surface area contributed by atoms with Crippen LogP contribution in [0.3, 0.4) is 0 Å². The summed E-state index contributed by atoms with van der Waals surface area (Å²) in [5.41, 5.74) is 3.04. The van der Waals surface area contributed by atoms with Gasteiger partial charge in [0.25, 0.3) is 11.6 Å². The number of anilines is 1. The van der Waals surface area contributed by atoms with Gasteiger partial charge in [0.05, 0.1) is 10.6 Å². The summed E-state index contributed by atoms with van der Waals surface area (Å²) in [6, 6.07) is 19.0. The second kappa shape index (κ2) is 7.71. The van der Waals surface area contributed by atoms with Gasteiger partial charge in [0.15, 0.2) is 0 Å². The fraction of sp³-hybridized carbons (Fsp3) is 0.0435. The van der Waals surface area contributed by atoms with E-state index < -0.39 is 4.92 Å². The first-order valence-electron chi connectivity index (χ1n) is 9.14. The van der Waals surface area contributed by atoms with Crippen molar-refractivity contribution in [1.82, 2.24) is 0 Å². The molecular weight excluding hydrogens is 385 g/mol. The Morgan fingerprint density at radius 1 is 0.967 bits per heavy atom. The van der Waals surface area contributed by atoms with Crippen LogP contribution < -0.4 is 4.90 Å². The van der Waals surface area contributed by atoms with Gasteiger partial charge in [0.1, 0.15) is 17.3 Å². The Labute approximate surface area is 171 Å². The molecule has 30 heavy (non-hydrogen) atoms. The minimum absolute atomic E-state index is 0.0355. The van der Waals surface area contributed by atoms with Gasteiger partial charge in [-0.2, -0.15) is 0 Å². The Morgan fingerprint density at radius 2 is 1.60 bits per heavy atom. The molecule has 6 nitrogen and oxygen atoms in total. The number of hydrogen-bond acceptors (Lipinski definition) is 4. The largest absolute Gasteiger partial charge is 0.282 e. The van der Waals surface area contributed by atoms with E-state index in [9.17, 15) is 19.3 Å². The van der Waals surface area contributed by atoms with Crippen molar-refractivity contribution in [1.29, 1.82) is 0 Å². The van der Waals surface area contributed by atoms with Crippen molar-refractivity contribution in [3.05, 3.63) is 111 Å². The first-order chi connectivity index (χ1) is 14.4. The van der Waals surface area contributed by atoms with E-state index in [-0.39, 0.29) is 23.1 Å². The van der Waals surface area contributed by atoms with Crippen LogP contribution in [0.15, 0.2) is 83.5 Å². The molecule has 3 aromatic carbocycles. The van der Waals surface area contributed by atoms with Gasteiger partial charge in [0.2, 0.25) is 0 Å². The lowest BCUT2D eigenvalue weighted by Crippen LogP contribution is -2.32. The summed E-state index contributed by atoms with van der Waals surface area (Å²) in [6.45, 7) is 1.95. The highest BCUT2D eigenvalue weighted by Gasteiger charge is 2.32. The van der Waals surface area contributed by atoms with Crippen LogP contribution >= 0.6 is 0 Å². The molecular formula is C23H16FN3O3. The summed E-state index contributed by atoms with van der Waals surface area (Å²) >= 11 is 0. The van der Waals surface area contributed by atoms with Crippen LogP contribution in [0.25, 0.3) is 6.08 Å². The molecule has 0 spiro atoms. The quantitative estimate of drug-likeness (QED) is 0.355. The van der Waals surface area contributed by atoms with E-state index >= 15 is 0 Å². The maximum atomic E-state index is 13.4. The van der Waals surface area contributed by atoms with Crippen molar-refractivity contribution in [2.24, 2.45) is 4.99 Å². The number of amides is 1. The molecule has 7 heteroatoms. The predicted octanol–water partition coefficient (Wildman–Crippen LogP) is 4.88. The third kappa shape index (κ3) is 3.73. The van der Waals surface area contributed by atoms with Crippen LogP contribution in [0.5, 0.6) is 0 Å². The smallest absolute Gasteiger partial charge is 0.266 e. The summed E-state index contributed by atoms with van der Waals surface area (Å²) in [4.78, 5) is 29.5. The number of benzene rings is 3. The first-order valence-corrected chi connectivity index (χ1v) is 9.14. The van der Waals surface area contributed by atoms with Gasteiger partial charge in [0, 0.05) is 17.7 Å². The first kappa shape index (κ1) is 19.2. The second-order valence-corrected chi connectivity index (χ2v) is 6.80. The van der Waals surface area contributed by atoms with Crippen LogP contribution in [0.2, 0.25) is 0 Å². The molecule has 0 aliphatic carbocycles. The maximum absolute atomic E-state index is 13.4. The monoisotopic (exact) mass is 401 g/mol. The predicted molar refractivity (Wildman–Crippen MR) is 113 cm³/mol. The van der Waals surface area contributed by atoms with Crippen molar-refractivity contribution < 1.29 is 14.1 Å². The zero-order valence-electron chi connectivity index (χ0n) is 15.9. The Morgan fingerprint density at radius 3 is 2.20 bits per heavy atom. The molecule has 0 fully saturated rings. The third-order valence-electron chi connectivity index (χ3n) is 4.66. The minimum atomic E-state index is -0.485. The summed E-state index contributed by atoms with van der Waals surface area (Å²) < 4.78 is 13.4. The van der Waals surface area contributed by atoms with E-state index in [1.165, 1.54) is 29.2 Å². The molecule has 1 amide bonds. The molecule has 1 aliphatic rings. The molecule has 0 unspecified atom stereocenters. The van der Waals surface area contributed by atoms with Crippen LogP contribution in [-0.2, 0) is 4.79 Å². The fourth-order valence-electron chi connectivity index (χ4n) is 3.09. The summed E-state index contributed by atoms with van der Waals surface area (Å²) in [7, 11) is 0. The number of non-ortho nitro benzene ring substituents is 1. The highest BCUT2D eigenvalue weighted by Crippen LogP contribution is 2.28. The van der Waals surface area contributed by atoms with Gasteiger partial charge in [-0.1, -0.05) is 17.7 Å². The summed E-state index contributed by atoms with van der Waals surface area (Å²) in [5.74, 6) is -0.333. The maximum Gasteiger partial charge on any atom is 0.282 e. The molecule has 0 saturated carbocycles. The fourth-order valence-corrected chi connectivity index (χ4v) is 3.09. The van der Waals surface area contributed by atoms with E-state index in [0.29, 0.717) is 22.6 Å². The highest BCUT2D eigenvalue weighted by atomic mass is 19.1. The van der Waals surface area contributed by atoms with Crippen LogP contribution in [0.4, 0.5) is 15.8 Å². The number of nitro benzene ring substituents is 1. The van der Waals surface area contributed by atoms with Crippen molar-refractivity contribution in [3.63, 3.8) is 0 Å². The lowest BCUT2D eigenvalue weighted by molar-refractivity contribution is -0.384. The molecule has 148 valence electrons. The number of rotatable bonds is 4. The van der Waals surface area contributed by atoms with Gasteiger partial charge >= 0.3 is 0 Å². The average Bonchev–Trinajstić information content (AvgIpc) is 3.06. The molecule has 0 aromatic heterocycles. The Hall–Kier alpha value is -4.13. The number of aryl methyl sites for hydroxylation is 1. The molecule has 1 heterocycles. The number of aliphatic imine (C=N–C) groups is 1. The molecule has 4 rings (SSSR count). The van der Waals surface area contributed by atoms with Crippen molar-refractivity contribution in [2.45, 2.75) is 6.92 Å². The number of nitro groups is 1. The summed E-state index contributed by atoms with van der Waals surface area (Å²) in [5, 5.41) is 10.8. The van der Waals surface area contributed by atoms with Crippen LogP contribution in [-0.4, -0.2) is 16.7 Å². The highest BCUT2D eigenvalue weighted by molar-refractivity contribution is 6.33. The molecule has 3 aromatic rings. The Bertz CT molecular complexity index is 1180. The number of hydrogen-bond donors (Lipinski definition) is 0. The van der Waals surface area contributed by atoms with Crippen LogP contribution in [0.1, 0.15) is 16.7 Å². The van der Waals surface area contributed by atoms with E-state index in [2.05, 4.69) is 4.99 Å². The SMILES string of the molecule is Cc1ccc(N2C(=O)/C(=C\c3ccc([N+](=O)[O-])cc3)N=C2c2ccc(F)cc2)cc1. The Balaban J connectivity index is 1.78. The van der Waals surface area contributed by atoms with E-state index in [0.717, 1.165) is 5.56 Å². The van der Waals surface area contributed by atoms with E-state index in [1.54, 1.807) is 30.3 Å². The standard InChI is InChI=1S/C23H16FN3O3/c1-15-2-10-19(11-3-15)26-22(17-6-8-18(24)9-7-17)25-21(23(26)28)14-16-4-12-20(13-5-16)27(29)30/h2-14H,1H3/b21-14+.